The molecule has 0 radical (unpaired) electrons. The van der Waals surface area contributed by atoms with Gasteiger partial charge in [0.1, 0.15) is 4.21 Å². The minimum atomic E-state index is -3.54. The van der Waals surface area contributed by atoms with Gasteiger partial charge in [0, 0.05) is 18.5 Å². The second kappa shape index (κ2) is 4.88. The van der Waals surface area contributed by atoms with Crippen LogP contribution in [0.2, 0.25) is 0 Å². The first-order chi connectivity index (χ1) is 8.72. The number of hydrogen-bond acceptors (Lipinski definition) is 4. The van der Waals surface area contributed by atoms with Crippen molar-refractivity contribution in [1.29, 1.82) is 0 Å². The van der Waals surface area contributed by atoms with Gasteiger partial charge in [-0.2, -0.15) is 4.31 Å². The van der Waals surface area contributed by atoms with E-state index < -0.39 is 16.0 Å². The van der Waals surface area contributed by atoms with Gasteiger partial charge < -0.3 is 5.11 Å². The number of carboxylic acid groups (broad SMARTS) is 1. The largest absolute Gasteiger partial charge is 0.478 e. The van der Waals surface area contributed by atoms with Crippen molar-refractivity contribution in [3.8, 4) is 0 Å². The number of hydrogen-bond donors (Lipinski definition) is 1. The molecule has 0 unspecified atom stereocenters. The van der Waals surface area contributed by atoms with Crippen LogP contribution in [-0.4, -0.2) is 36.9 Å². The fourth-order valence-electron chi connectivity index (χ4n) is 2.02. The zero-order valence-corrected chi connectivity index (χ0v) is 12.6. The molecule has 1 aliphatic rings. The van der Waals surface area contributed by atoms with Crippen LogP contribution in [0.25, 0.3) is 0 Å². The van der Waals surface area contributed by atoms with Crippen molar-refractivity contribution in [3.05, 3.63) is 17.0 Å². The molecule has 0 amide bonds. The van der Waals surface area contributed by atoms with E-state index in [4.69, 9.17) is 5.11 Å². The first kappa shape index (κ1) is 14.5. The summed E-state index contributed by atoms with van der Waals surface area (Å²) < 4.78 is 26.3. The number of nitrogens with zero attached hydrogens (tertiary/aromatic N) is 1. The molecule has 1 aliphatic heterocycles. The lowest BCUT2D eigenvalue weighted by atomic mass is 9.83. The molecule has 0 saturated carbocycles. The van der Waals surface area contributed by atoms with Gasteiger partial charge in [-0.1, -0.05) is 13.8 Å². The Bertz CT molecular complexity index is 579. The Morgan fingerprint density at radius 2 is 1.95 bits per heavy atom. The number of aromatic carboxylic acids is 1. The third-order valence-electron chi connectivity index (χ3n) is 3.49. The molecular weight excluding hydrogens is 286 g/mol. The minimum absolute atomic E-state index is 0.0286. The summed E-state index contributed by atoms with van der Waals surface area (Å²) in [7, 11) is -3.54. The molecule has 0 aromatic carbocycles. The summed E-state index contributed by atoms with van der Waals surface area (Å²) >= 11 is 0.968. The Hall–Kier alpha value is -0.920. The van der Waals surface area contributed by atoms with Crippen molar-refractivity contribution in [2.75, 3.05) is 13.1 Å². The lowest BCUT2D eigenvalue weighted by molar-refractivity contribution is 0.0697. The first-order valence-electron chi connectivity index (χ1n) is 6.04. The van der Waals surface area contributed by atoms with Crippen LogP contribution in [0.1, 0.15) is 37.0 Å². The van der Waals surface area contributed by atoms with Gasteiger partial charge in [-0.25, -0.2) is 13.2 Å². The predicted molar refractivity (Wildman–Crippen MR) is 73.1 cm³/mol. The van der Waals surface area contributed by atoms with Crippen LogP contribution in [0.4, 0.5) is 0 Å². The molecule has 1 saturated heterocycles. The SMILES string of the molecule is CC1(C)CCN(S(=O)(=O)c2cc(C(=O)O)cs2)CC1. The zero-order chi connectivity index (χ0) is 14.3. The average molecular weight is 303 g/mol. The van der Waals surface area contributed by atoms with Gasteiger partial charge in [0.15, 0.2) is 0 Å². The normalized spacial score (nSPS) is 20.3. The first-order valence-corrected chi connectivity index (χ1v) is 8.36. The van der Waals surface area contributed by atoms with E-state index in [-0.39, 0.29) is 15.2 Å². The highest BCUT2D eigenvalue weighted by Gasteiger charge is 2.33. The molecule has 0 bridgehead atoms. The fraction of sp³-hybridized carbons (Fsp3) is 0.583. The van der Waals surface area contributed by atoms with Gasteiger partial charge in [0.05, 0.1) is 5.56 Å². The second-order valence-electron chi connectivity index (χ2n) is 5.53. The van der Waals surface area contributed by atoms with E-state index in [1.54, 1.807) is 0 Å². The number of piperidine rings is 1. The predicted octanol–water partition coefficient (Wildman–Crippen LogP) is 2.26. The van der Waals surface area contributed by atoms with E-state index in [0.717, 1.165) is 24.2 Å². The van der Waals surface area contributed by atoms with Crippen molar-refractivity contribution in [1.82, 2.24) is 4.31 Å². The maximum Gasteiger partial charge on any atom is 0.336 e. The molecule has 2 heterocycles. The summed E-state index contributed by atoms with van der Waals surface area (Å²) in [6, 6.07) is 1.24. The van der Waals surface area contributed by atoms with Gasteiger partial charge in [0.25, 0.3) is 10.0 Å². The molecule has 1 N–H and O–H groups in total. The van der Waals surface area contributed by atoms with Crippen LogP contribution in [0.15, 0.2) is 15.7 Å². The molecule has 1 aromatic heterocycles. The van der Waals surface area contributed by atoms with Crippen LogP contribution < -0.4 is 0 Å². The molecule has 1 aromatic rings. The van der Waals surface area contributed by atoms with Crippen molar-refractivity contribution < 1.29 is 18.3 Å². The Kier molecular flexibility index (Phi) is 3.72. The number of carboxylic acids is 1. The molecule has 0 spiro atoms. The standard InChI is InChI=1S/C12H17NO4S2/c1-12(2)3-5-13(6-4-12)19(16,17)10-7-9(8-18-10)11(14)15/h7-8H,3-6H2,1-2H3,(H,14,15). The highest BCUT2D eigenvalue weighted by atomic mass is 32.2. The van der Waals surface area contributed by atoms with E-state index in [1.807, 2.05) is 0 Å². The summed E-state index contributed by atoms with van der Waals surface area (Å²) in [5, 5.41) is 10.2. The number of sulfonamides is 1. The minimum Gasteiger partial charge on any atom is -0.478 e. The van der Waals surface area contributed by atoms with Crippen molar-refractivity contribution in [3.63, 3.8) is 0 Å². The summed E-state index contributed by atoms with van der Waals surface area (Å²) in [5.74, 6) is -1.10. The molecule has 0 atom stereocenters. The smallest absolute Gasteiger partial charge is 0.336 e. The monoisotopic (exact) mass is 303 g/mol. The average Bonchev–Trinajstić information content (AvgIpc) is 2.78. The van der Waals surface area contributed by atoms with E-state index in [1.165, 1.54) is 15.8 Å². The summed E-state index contributed by atoms with van der Waals surface area (Å²) in [4.78, 5) is 10.8. The lowest BCUT2D eigenvalue weighted by Gasteiger charge is -2.35. The highest BCUT2D eigenvalue weighted by Crippen LogP contribution is 2.33. The van der Waals surface area contributed by atoms with Crippen LogP contribution >= 0.6 is 11.3 Å². The topological polar surface area (TPSA) is 74.7 Å². The van der Waals surface area contributed by atoms with Crippen LogP contribution in [-0.2, 0) is 10.0 Å². The third-order valence-corrected chi connectivity index (χ3v) is 6.81. The molecule has 19 heavy (non-hydrogen) atoms. The summed E-state index contributed by atoms with van der Waals surface area (Å²) in [6.45, 7) is 5.25. The number of carbonyl (C=O) groups is 1. The number of rotatable bonds is 3. The third kappa shape index (κ3) is 2.98. The van der Waals surface area contributed by atoms with Gasteiger partial charge in [-0.3, -0.25) is 0 Å². The fourth-order valence-corrected chi connectivity index (χ4v) is 4.77. The van der Waals surface area contributed by atoms with E-state index in [9.17, 15) is 13.2 Å². The van der Waals surface area contributed by atoms with Crippen molar-refractivity contribution in [2.24, 2.45) is 5.41 Å². The van der Waals surface area contributed by atoms with Gasteiger partial charge in [0.2, 0.25) is 0 Å². The molecule has 2 rings (SSSR count). The van der Waals surface area contributed by atoms with E-state index >= 15 is 0 Å². The highest BCUT2D eigenvalue weighted by molar-refractivity contribution is 7.91. The summed E-state index contributed by atoms with van der Waals surface area (Å²) in [6.07, 6.45) is 1.65. The quantitative estimate of drug-likeness (QED) is 0.929. The van der Waals surface area contributed by atoms with Crippen LogP contribution in [0.5, 0.6) is 0 Å². The Morgan fingerprint density at radius 1 is 1.37 bits per heavy atom. The van der Waals surface area contributed by atoms with Crippen LogP contribution in [0, 0.1) is 5.41 Å². The molecule has 106 valence electrons. The second-order valence-corrected chi connectivity index (χ2v) is 8.60. The van der Waals surface area contributed by atoms with Crippen molar-refractivity contribution in [2.45, 2.75) is 30.9 Å². The van der Waals surface area contributed by atoms with E-state index in [0.29, 0.717) is 13.1 Å². The maximum absolute atomic E-state index is 12.4. The molecular formula is C12H17NO4S2. The Morgan fingerprint density at radius 3 is 2.42 bits per heavy atom. The van der Waals surface area contributed by atoms with Gasteiger partial charge in [-0.15, -0.1) is 11.3 Å². The zero-order valence-electron chi connectivity index (χ0n) is 10.9. The van der Waals surface area contributed by atoms with Crippen molar-refractivity contribution >= 4 is 27.3 Å². The van der Waals surface area contributed by atoms with Gasteiger partial charge in [-0.05, 0) is 24.3 Å². The maximum atomic E-state index is 12.4. The Balaban J connectivity index is 2.20. The van der Waals surface area contributed by atoms with Gasteiger partial charge >= 0.3 is 5.97 Å². The summed E-state index contributed by atoms with van der Waals surface area (Å²) in [5.41, 5.74) is 0.203. The number of thiophene rings is 1. The molecule has 0 aliphatic carbocycles. The Labute approximate surface area is 116 Å². The lowest BCUT2D eigenvalue weighted by Crippen LogP contribution is -2.40. The molecule has 5 nitrogen and oxygen atoms in total. The molecule has 7 heteroatoms. The molecule has 1 fully saturated rings. The van der Waals surface area contributed by atoms with E-state index in [2.05, 4.69) is 13.8 Å². The van der Waals surface area contributed by atoms with Crippen LogP contribution in [0.3, 0.4) is 0 Å².